The van der Waals surface area contributed by atoms with Crippen LogP contribution in [-0.2, 0) is 9.59 Å². The number of benzene rings is 1. The van der Waals surface area contributed by atoms with Gasteiger partial charge in [0.2, 0.25) is 11.8 Å². The Labute approximate surface area is 153 Å². The topological polar surface area (TPSA) is 58.4 Å². The molecule has 6 nitrogen and oxygen atoms in total. The lowest BCUT2D eigenvalue weighted by atomic mass is 10.1. The van der Waals surface area contributed by atoms with Crippen LogP contribution in [0.2, 0.25) is 0 Å². The maximum absolute atomic E-state index is 12.5. The number of carbonyl (C=O) groups excluding carboxylic acids is 2. The first-order valence-electron chi connectivity index (χ1n) is 8.81. The van der Waals surface area contributed by atoms with Gasteiger partial charge in [-0.1, -0.05) is 18.2 Å². The quantitative estimate of drug-likeness (QED) is 0.796. The van der Waals surface area contributed by atoms with Gasteiger partial charge < -0.3 is 9.80 Å². The summed E-state index contributed by atoms with van der Waals surface area (Å²) in [6.45, 7) is 7.85. The fraction of sp³-hybridized carbons (Fsp3) is 0.350. The van der Waals surface area contributed by atoms with E-state index in [9.17, 15) is 9.59 Å². The van der Waals surface area contributed by atoms with Crippen LogP contribution in [0.5, 0.6) is 0 Å². The van der Waals surface area contributed by atoms with E-state index in [0.29, 0.717) is 26.2 Å². The zero-order valence-electron chi connectivity index (χ0n) is 15.5. The van der Waals surface area contributed by atoms with E-state index in [1.807, 2.05) is 54.9 Å². The Kier molecular flexibility index (Phi) is 5.21. The molecule has 136 valence electrons. The van der Waals surface area contributed by atoms with Gasteiger partial charge in [0.05, 0.1) is 11.4 Å². The van der Waals surface area contributed by atoms with Gasteiger partial charge in [-0.2, -0.15) is 5.10 Å². The summed E-state index contributed by atoms with van der Waals surface area (Å²) in [7, 11) is 0. The van der Waals surface area contributed by atoms with Crippen LogP contribution in [-0.4, -0.2) is 57.6 Å². The number of nitrogens with zero attached hydrogens (tertiary/aromatic N) is 4. The Bertz CT molecular complexity index is 831. The molecule has 1 aromatic heterocycles. The molecule has 3 rings (SSSR count). The predicted octanol–water partition coefficient (Wildman–Crippen LogP) is 2.19. The summed E-state index contributed by atoms with van der Waals surface area (Å²) in [4.78, 5) is 27.4. The van der Waals surface area contributed by atoms with Crippen molar-refractivity contribution < 1.29 is 9.59 Å². The number of amides is 2. The maximum atomic E-state index is 12.5. The zero-order chi connectivity index (χ0) is 18.7. The van der Waals surface area contributed by atoms with Crippen molar-refractivity contribution in [1.29, 1.82) is 0 Å². The van der Waals surface area contributed by atoms with Crippen LogP contribution in [0.25, 0.3) is 11.8 Å². The number of aryl methyl sites for hydroxylation is 1. The molecular weight excluding hydrogens is 328 g/mol. The molecule has 0 saturated carbocycles. The van der Waals surface area contributed by atoms with Crippen LogP contribution < -0.4 is 0 Å². The number of piperazine rings is 1. The lowest BCUT2D eigenvalue weighted by Crippen LogP contribution is -2.49. The lowest BCUT2D eigenvalue weighted by molar-refractivity contribution is -0.135. The molecule has 1 saturated heterocycles. The number of aromatic nitrogens is 2. The Balaban J connectivity index is 1.72. The third-order valence-electron chi connectivity index (χ3n) is 4.78. The van der Waals surface area contributed by atoms with Crippen molar-refractivity contribution in [3.8, 4) is 5.69 Å². The van der Waals surface area contributed by atoms with E-state index < -0.39 is 0 Å². The summed E-state index contributed by atoms with van der Waals surface area (Å²) in [6, 6.07) is 9.94. The minimum Gasteiger partial charge on any atom is -0.339 e. The minimum absolute atomic E-state index is 0.0283. The highest BCUT2D eigenvalue weighted by molar-refractivity contribution is 5.92. The summed E-state index contributed by atoms with van der Waals surface area (Å²) in [5.74, 6) is 0.0340. The van der Waals surface area contributed by atoms with Crippen molar-refractivity contribution in [2.75, 3.05) is 26.2 Å². The first-order chi connectivity index (χ1) is 12.5. The second kappa shape index (κ2) is 7.56. The highest BCUT2D eigenvalue weighted by atomic mass is 16.2. The minimum atomic E-state index is -0.0283. The van der Waals surface area contributed by atoms with Crippen molar-refractivity contribution in [2.45, 2.75) is 20.8 Å². The van der Waals surface area contributed by atoms with Gasteiger partial charge in [0, 0.05) is 50.4 Å². The van der Waals surface area contributed by atoms with Crippen LogP contribution in [0, 0.1) is 13.8 Å². The SMILES string of the molecule is CC(=O)N1CCN(C(=O)/C=C/c2c(C)nn(-c3ccccc3)c2C)CC1. The molecule has 2 aromatic rings. The molecule has 0 aliphatic carbocycles. The van der Waals surface area contributed by atoms with Gasteiger partial charge in [0.25, 0.3) is 0 Å². The van der Waals surface area contributed by atoms with Crippen LogP contribution >= 0.6 is 0 Å². The molecule has 1 fully saturated rings. The van der Waals surface area contributed by atoms with Gasteiger partial charge in [0.1, 0.15) is 0 Å². The van der Waals surface area contributed by atoms with Crippen molar-refractivity contribution in [3.05, 3.63) is 53.4 Å². The molecular formula is C20H24N4O2. The van der Waals surface area contributed by atoms with Gasteiger partial charge in [-0.05, 0) is 32.1 Å². The molecule has 1 aromatic carbocycles. The van der Waals surface area contributed by atoms with E-state index >= 15 is 0 Å². The van der Waals surface area contributed by atoms with E-state index in [0.717, 1.165) is 22.6 Å². The smallest absolute Gasteiger partial charge is 0.246 e. The Morgan fingerprint density at radius 2 is 1.62 bits per heavy atom. The summed E-state index contributed by atoms with van der Waals surface area (Å²) >= 11 is 0. The highest BCUT2D eigenvalue weighted by Crippen LogP contribution is 2.19. The molecule has 2 amide bonds. The third-order valence-corrected chi connectivity index (χ3v) is 4.78. The van der Waals surface area contributed by atoms with Crippen molar-refractivity contribution in [1.82, 2.24) is 19.6 Å². The largest absolute Gasteiger partial charge is 0.339 e. The first-order valence-corrected chi connectivity index (χ1v) is 8.81. The monoisotopic (exact) mass is 352 g/mol. The number of hydrogen-bond acceptors (Lipinski definition) is 3. The number of rotatable bonds is 3. The normalized spacial score (nSPS) is 14.9. The van der Waals surface area contributed by atoms with E-state index in [-0.39, 0.29) is 11.8 Å². The number of hydrogen-bond donors (Lipinski definition) is 0. The third kappa shape index (κ3) is 3.69. The summed E-state index contributed by atoms with van der Waals surface area (Å²) in [5.41, 5.74) is 3.85. The summed E-state index contributed by atoms with van der Waals surface area (Å²) in [6.07, 6.45) is 3.45. The van der Waals surface area contributed by atoms with Crippen LogP contribution in [0.15, 0.2) is 36.4 Å². The van der Waals surface area contributed by atoms with Gasteiger partial charge in [-0.25, -0.2) is 4.68 Å². The maximum Gasteiger partial charge on any atom is 0.246 e. The van der Waals surface area contributed by atoms with Crippen LogP contribution in [0.3, 0.4) is 0 Å². The van der Waals surface area contributed by atoms with E-state index in [1.54, 1.807) is 22.8 Å². The molecule has 0 radical (unpaired) electrons. The second-order valence-corrected chi connectivity index (χ2v) is 6.50. The number of para-hydroxylation sites is 1. The molecule has 1 aliphatic rings. The van der Waals surface area contributed by atoms with Crippen molar-refractivity contribution >= 4 is 17.9 Å². The van der Waals surface area contributed by atoms with Gasteiger partial charge in [0.15, 0.2) is 0 Å². The second-order valence-electron chi connectivity index (χ2n) is 6.50. The summed E-state index contributed by atoms with van der Waals surface area (Å²) in [5, 5.41) is 4.60. The highest BCUT2D eigenvalue weighted by Gasteiger charge is 2.21. The fourth-order valence-corrected chi connectivity index (χ4v) is 3.22. The van der Waals surface area contributed by atoms with Crippen LogP contribution in [0.4, 0.5) is 0 Å². The predicted molar refractivity (Wildman–Crippen MR) is 101 cm³/mol. The molecule has 0 bridgehead atoms. The first kappa shape index (κ1) is 17.9. The fourth-order valence-electron chi connectivity index (χ4n) is 3.22. The summed E-state index contributed by atoms with van der Waals surface area (Å²) < 4.78 is 1.89. The van der Waals surface area contributed by atoms with E-state index in [4.69, 9.17) is 0 Å². The molecule has 2 heterocycles. The molecule has 0 N–H and O–H groups in total. The van der Waals surface area contributed by atoms with Crippen molar-refractivity contribution in [3.63, 3.8) is 0 Å². The van der Waals surface area contributed by atoms with Gasteiger partial charge in [-0.3, -0.25) is 9.59 Å². The molecule has 0 atom stereocenters. The lowest BCUT2D eigenvalue weighted by Gasteiger charge is -2.33. The molecule has 26 heavy (non-hydrogen) atoms. The molecule has 1 aliphatic heterocycles. The molecule has 0 spiro atoms. The van der Waals surface area contributed by atoms with E-state index in [2.05, 4.69) is 5.10 Å². The Hall–Kier alpha value is -2.89. The Morgan fingerprint density at radius 3 is 2.23 bits per heavy atom. The standard InChI is InChI=1S/C20H24N4O2/c1-15-19(16(2)24(21-15)18-7-5-4-6-8-18)9-10-20(26)23-13-11-22(12-14-23)17(3)25/h4-10H,11-14H2,1-3H3/b10-9+. The van der Waals surface area contributed by atoms with Crippen molar-refractivity contribution in [2.24, 2.45) is 0 Å². The Morgan fingerprint density at radius 1 is 1.00 bits per heavy atom. The number of carbonyl (C=O) groups is 2. The van der Waals surface area contributed by atoms with Gasteiger partial charge >= 0.3 is 0 Å². The average Bonchev–Trinajstić information content (AvgIpc) is 2.94. The average molecular weight is 352 g/mol. The zero-order valence-corrected chi connectivity index (χ0v) is 15.5. The molecule has 0 unspecified atom stereocenters. The van der Waals surface area contributed by atoms with Crippen LogP contribution in [0.1, 0.15) is 23.9 Å². The van der Waals surface area contributed by atoms with E-state index in [1.165, 1.54) is 0 Å². The van der Waals surface area contributed by atoms with Gasteiger partial charge in [-0.15, -0.1) is 0 Å². The molecule has 6 heteroatoms.